The number of pyridine rings is 1. The molecule has 0 spiro atoms. The van der Waals surface area contributed by atoms with Gasteiger partial charge in [-0.25, -0.2) is 0 Å². The van der Waals surface area contributed by atoms with E-state index in [1.165, 1.54) is 25.7 Å². The van der Waals surface area contributed by atoms with Crippen LogP contribution in [-0.4, -0.2) is 17.1 Å². The van der Waals surface area contributed by atoms with Gasteiger partial charge in [0.1, 0.15) is 11.9 Å². The third kappa shape index (κ3) is 2.93. The maximum atomic E-state index is 6.30. The van der Waals surface area contributed by atoms with Gasteiger partial charge in [0, 0.05) is 17.6 Å². The normalized spacial score (nSPS) is 24.1. The molecular formula is C17H22N2O. The van der Waals surface area contributed by atoms with Gasteiger partial charge in [-0.3, -0.25) is 4.98 Å². The van der Waals surface area contributed by atoms with E-state index in [1.807, 2.05) is 30.5 Å². The second kappa shape index (κ2) is 6.23. The maximum absolute atomic E-state index is 6.30. The van der Waals surface area contributed by atoms with Gasteiger partial charge >= 0.3 is 0 Å². The molecule has 3 nitrogen and oxygen atoms in total. The van der Waals surface area contributed by atoms with Crippen molar-refractivity contribution in [2.75, 3.05) is 0 Å². The van der Waals surface area contributed by atoms with Crippen molar-refractivity contribution < 1.29 is 4.74 Å². The maximum Gasteiger partial charge on any atom is 0.129 e. The zero-order valence-electron chi connectivity index (χ0n) is 11.8. The first-order valence-corrected chi connectivity index (χ1v) is 7.60. The highest BCUT2D eigenvalue weighted by molar-refractivity contribution is 5.84. The van der Waals surface area contributed by atoms with Crippen LogP contribution in [0.5, 0.6) is 5.75 Å². The van der Waals surface area contributed by atoms with Crippen LogP contribution in [0.15, 0.2) is 36.5 Å². The number of rotatable bonds is 2. The summed E-state index contributed by atoms with van der Waals surface area (Å²) in [4.78, 5) is 4.38. The molecule has 0 saturated heterocycles. The van der Waals surface area contributed by atoms with Crippen LogP contribution in [0.4, 0.5) is 0 Å². The van der Waals surface area contributed by atoms with Gasteiger partial charge in [-0.15, -0.1) is 0 Å². The summed E-state index contributed by atoms with van der Waals surface area (Å²) in [7, 11) is 0. The van der Waals surface area contributed by atoms with Gasteiger partial charge in [0.2, 0.25) is 0 Å². The average Bonchev–Trinajstić information content (AvgIpc) is 2.47. The van der Waals surface area contributed by atoms with E-state index in [1.54, 1.807) is 0 Å². The quantitative estimate of drug-likeness (QED) is 0.906. The number of nitrogens with two attached hydrogens (primary N) is 1. The molecule has 0 bridgehead atoms. The first kappa shape index (κ1) is 13.4. The molecule has 1 aliphatic rings. The van der Waals surface area contributed by atoms with Gasteiger partial charge in [-0.05, 0) is 43.5 Å². The molecule has 2 aromatic rings. The minimum absolute atomic E-state index is 0.126. The second-order valence-electron chi connectivity index (χ2n) is 5.64. The molecule has 2 unspecified atom stereocenters. The number of hydrogen-bond donors (Lipinski definition) is 1. The smallest absolute Gasteiger partial charge is 0.129 e. The fourth-order valence-electron chi connectivity index (χ4n) is 2.97. The minimum Gasteiger partial charge on any atom is -0.488 e. The fraction of sp³-hybridized carbons (Fsp3) is 0.471. The lowest BCUT2D eigenvalue weighted by molar-refractivity contribution is 0.147. The molecule has 2 N–H and O–H groups in total. The number of nitrogens with zero attached hydrogens (tertiary/aromatic N) is 1. The Morgan fingerprint density at radius 3 is 2.75 bits per heavy atom. The Morgan fingerprint density at radius 1 is 1.00 bits per heavy atom. The highest BCUT2D eigenvalue weighted by atomic mass is 16.5. The van der Waals surface area contributed by atoms with Crippen LogP contribution in [0.25, 0.3) is 10.9 Å². The van der Waals surface area contributed by atoms with Crippen molar-refractivity contribution in [3.05, 3.63) is 36.5 Å². The first-order valence-electron chi connectivity index (χ1n) is 7.60. The summed E-state index contributed by atoms with van der Waals surface area (Å²) >= 11 is 0. The SMILES string of the molecule is NC1CCCCCCC1Oc1cccc2ncccc12. The highest BCUT2D eigenvalue weighted by Gasteiger charge is 2.21. The molecule has 0 radical (unpaired) electrons. The van der Waals surface area contributed by atoms with E-state index in [4.69, 9.17) is 10.5 Å². The summed E-state index contributed by atoms with van der Waals surface area (Å²) in [5.41, 5.74) is 7.28. The van der Waals surface area contributed by atoms with Crippen molar-refractivity contribution in [2.45, 2.75) is 50.7 Å². The largest absolute Gasteiger partial charge is 0.488 e. The highest BCUT2D eigenvalue weighted by Crippen LogP contribution is 2.27. The first-order chi connectivity index (χ1) is 9.84. The summed E-state index contributed by atoms with van der Waals surface area (Å²) in [5, 5.41) is 1.07. The Labute approximate surface area is 120 Å². The Balaban J connectivity index is 1.84. The molecule has 20 heavy (non-hydrogen) atoms. The monoisotopic (exact) mass is 270 g/mol. The molecule has 1 aliphatic carbocycles. The van der Waals surface area contributed by atoms with Gasteiger partial charge < -0.3 is 10.5 Å². The van der Waals surface area contributed by atoms with Crippen LogP contribution in [0.2, 0.25) is 0 Å². The summed E-state index contributed by atoms with van der Waals surface area (Å²) < 4.78 is 6.25. The van der Waals surface area contributed by atoms with Crippen molar-refractivity contribution in [3.63, 3.8) is 0 Å². The van der Waals surface area contributed by atoms with Crippen LogP contribution < -0.4 is 10.5 Å². The van der Waals surface area contributed by atoms with Crippen LogP contribution >= 0.6 is 0 Å². The van der Waals surface area contributed by atoms with Gasteiger partial charge in [0.15, 0.2) is 0 Å². The van der Waals surface area contributed by atoms with Gasteiger partial charge in [0.05, 0.1) is 5.52 Å². The van der Waals surface area contributed by atoms with E-state index < -0.39 is 0 Å². The van der Waals surface area contributed by atoms with Gasteiger partial charge in [-0.1, -0.05) is 25.3 Å². The number of hydrogen-bond acceptors (Lipinski definition) is 3. The van der Waals surface area contributed by atoms with Crippen molar-refractivity contribution in [1.82, 2.24) is 4.98 Å². The van der Waals surface area contributed by atoms with Gasteiger partial charge in [0.25, 0.3) is 0 Å². The van der Waals surface area contributed by atoms with Crippen molar-refractivity contribution in [3.8, 4) is 5.75 Å². The molecule has 1 aromatic heterocycles. The Morgan fingerprint density at radius 2 is 1.85 bits per heavy atom. The molecule has 0 aliphatic heterocycles. The molecule has 106 valence electrons. The molecule has 1 fully saturated rings. The molecule has 1 saturated carbocycles. The third-order valence-electron chi connectivity index (χ3n) is 4.14. The van der Waals surface area contributed by atoms with Crippen molar-refractivity contribution >= 4 is 10.9 Å². The molecule has 1 aromatic carbocycles. The number of ether oxygens (including phenoxy) is 1. The zero-order chi connectivity index (χ0) is 13.8. The van der Waals surface area contributed by atoms with Crippen molar-refractivity contribution in [1.29, 1.82) is 0 Å². The van der Waals surface area contributed by atoms with E-state index in [0.29, 0.717) is 0 Å². The second-order valence-corrected chi connectivity index (χ2v) is 5.64. The summed E-state index contributed by atoms with van der Waals surface area (Å²) in [6.07, 6.45) is 9.09. The predicted molar refractivity (Wildman–Crippen MR) is 81.8 cm³/mol. The minimum atomic E-state index is 0.126. The molecule has 3 rings (SSSR count). The summed E-state index contributed by atoms with van der Waals surface area (Å²) in [5.74, 6) is 0.914. The molecule has 2 atom stereocenters. The standard InChI is InChI=1S/C17H22N2O/c18-14-8-3-1-2-4-10-17(14)20-16-11-5-9-15-13(16)7-6-12-19-15/h5-7,9,11-12,14,17H,1-4,8,10,18H2. The molecule has 0 amide bonds. The lowest BCUT2D eigenvalue weighted by Gasteiger charge is -2.27. The Bertz CT molecular complexity index is 564. The third-order valence-corrected chi connectivity index (χ3v) is 4.14. The fourth-order valence-corrected chi connectivity index (χ4v) is 2.97. The Hall–Kier alpha value is -1.61. The lowest BCUT2D eigenvalue weighted by Crippen LogP contribution is -2.39. The molecular weight excluding hydrogens is 248 g/mol. The number of benzene rings is 1. The average molecular weight is 270 g/mol. The predicted octanol–water partition coefficient (Wildman–Crippen LogP) is 3.66. The summed E-state index contributed by atoms with van der Waals surface area (Å²) in [6.45, 7) is 0. The van der Waals surface area contributed by atoms with E-state index in [0.717, 1.165) is 29.5 Å². The van der Waals surface area contributed by atoms with Crippen LogP contribution in [0.1, 0.15) is 38.5 Å². The van der Waals surface area contributed by atoms with Gasteiger partial charge in [-0.2, -0.15) is 0 Å². The van der Waals surface area contributed by atoms with Crippen LogP contribution in [0, 0.1) is 0 Å². The zero-order valence-corrected chi connectivity index (χ0v) is 11.8. The summed E-state index contributed by atoms with van der Waals surface area (Å²) in [6, 6.07) is 10.2. The lowest BCUT2D eigenvalue weighted by atomic mass is 9.95. The Kier molecular flexibility index (Phi) is 4.16. The number of aromatic nitrogens is 1. The topological polar surface area (TPSA) is 48.1 Å². The van der Waals surface area contributed by atoms with E-state index in [9.17, 15) is 0 Å². The van der Waals surface area contributed by atoms with E-state index in [-0.39, 0.29) is 12.1 Å². The van der Waals surface area contributed by atoms with Crippen LogP contribution in [0.3, 0.4) is 0 Å². The van der Waals surface area contributed by atoms with Crippen LogP contribution in [-0.2, 0) is 0 Å². The van der Waals surface area contributed by atoms with Crippen molar-refractivity contribution in [2.24, 2.45) is 5.73 Å². The van der Waals surface area contributed by atoms with E-state index in [2.05, 4.69) is 11.1 Å². The number of fused-ring (bicyclic) bond motifs is 1. The van der Waals surface area contributed by atoms with E-state index >= 15 is 0 Å². The molecule has 3 heteroatoms. The molecule has 1 heterocycles.